The Kier molecular flexibility index (Phi) is 6.57. The Balaban J connectivity index is 1.96. The maximum Gasteiger partial charge on any atom is 0.251 e. The summed E-state index contributed by atoms with van der Waals surface area (Å²) >= 11 is 0. The van der Waals surface area contributed by atoms with Crippen LogP contribution in [0, 0.1) is 5.92 Å². The maximum absolute atomic E-state index is 12.5. The molecule has 25 heavy (non-hydrogen) atoms. The molecule has 1 unspecified atom stereocenters. The first kappa shape index (κ1) is 18.5. The van der Waals surface area contributed by atoms with Gasteiger partial charge in [-0.25, -0.2) is 0 Å². The molecule has 5 nitrogen and oxygen atoms in total. The quantitative estimate of drug-likeness (QED) is 0.814. The minimum Gasteiger partial charge on any atom is -0.497 e. The molecule has 0 fully saturated rings. The number of amides is 2. The molecule has 0 aliphatic rings. The van der Waals surface area contributed by atoms with E-state index in [2.05, 4.69) is 10.6 Å². The van der Waals surface area contributed by atoms with Crippen molar-refractivity contribution in [2.45, 2.75) is 26.4 Å². The van der Waals surface area contributed by atoms with Gasteiger partial charge in [0.2, 0.25) is 5.91 Å². The van der Waals surface area contributed by atoms with Gasteiger partial charge < -0.3 is 15.4 Å². The van der Waals surface area contributed by atoms with Crippen LogP contribution in [0.3, 0.4) is 0 Å². The van der Waals surface area contributed by atoms with E-state index in [1.807, 2.05) is 44.2 Å². The van der Waals surface area contributed by atoms with E-state index >= 15 is 0 Å². The smallest absolute Gasteiger partial charge is 0.251 e. The van der Waals surface area contributed by atoms with Crippen molar-refractivity contribution >= 4 is 11.8 Å². The highest BCUT2D eigenvalue weighted by Crippen LogP contribution is 2.11. The van der Waals surface area contributed by atoms with Crippen LogP contribution in [-0.4, -0.2) is 25.0 Å². The number of hydrogen-bond acceptors (Lipinski definition) is 3. The lowest BCUT2D eigenvalue weighted by atomic mass is 10.0. The van der Waals surface area contributed by atoms with E-state index in [4.69, 9.17) is 4.74 Å². The number of nitrogens with one attached hydrogen (secondary N) is 2. The lowest BCUT2D eigenvalue weighted by Crippen LogP contribution is -2.49. The summed E-state index contributed by atoms with van der Waals surface area (Å²) in [6.07, 6.45) is 0. The molecular weight excluding hydrogens is 316 g/mol. The van der Waals surface area contributed by atoms with Crippen LogP contribution in [0.5, 0.6) is 5.75 Å². The van der Waals surface area contributed by atoms with Crippen LogP contribution in [0.15, 0.2) is 54.6 Å². The molecule has 0 aromatic heterocycles. The number of carbonyl (C=O) groups is 2. The zero-order chi connectivity index (χ0) is 18.2. The molecule has 0 saturated heterocycles. The van der Waals surface area contributed by atoms with Crippen molar-refractivity contribution in [3.63, 3.8) is 0 Å². The van der Waals surface area contributed by atoms with Crippen LogP contribution in [0.25, 0.3) is 0 Å². The second kappa shape index (κ2) is 8.87. The van der Waals surface area contributed by atoms with Crippen molar-refractivity contribution in [3.8, 4) is 5.75 Å². The summed E-state index contributed by atoms with van der Waals surface area (Å²) in [7, 11) is 1.61. The molecule has 0 bridgehead atoms. The van der Waals surface area contributed by atoms with E-state index in [0.29, 0.717) is 12.1 Å². The summed E-state index contributed by atoms with van der Waals surface area (Å²) in [5, 5.41) is 5.70. The van der Waals surface area contributed by atoms with Crippen LogP contribution in [0.1, 0.15) is 29.8 Å². The molecule has 1 atom stereocenters. The Hall–Kier alpha value is -2.82. The van der Waals surface area contributed by atoms with Crippen LogP contribution in [0.2, 0.25) is 0 Å². The van der Waals surface area contributed by atoms with Gasteiger partial charge in [0.05, 0.1) is 7.11 Å². The third-order valence-corrected chi connectivity index (χ3v) is 3.90. The van der Waals surface area contributed by atoms with E-state index in [1.165, 1.54) is 0 Å². The normalized spacial score (nSPS) is 11.7. The maximum atomic E-state index is 12.5. The van der Waals surface area contributed by atoms with Gasteiger partial charge in [-0.1, -0.05) is 44.2 Å². The van der Waals surface area contributed by atoms with Crippen molar-refractivity contribution in [1.82, 2.24) is 10.6 Å². The van der Waals surface area contributed by atoms with Gasteiger partial charge in [-0.05, 0) is 35.7 Å². The molecule has 132 valence electrons. The van der Waals surface area contributed by atoms with Crippen LogP contribution >= 0.6 is 0 Å². The molecule has 2 rings (SSSR count). The number of benzene rings is 2. The topological polar surface area (TPSA) is 67.4 Å². The molecule has 2 aromatic carbocycles. The van der Waals surface area contributed by atoms with Crippen molar-refractivity contribution in [2.24, 2.45) is 5.92 Å². The van der Waals surface area contributed by atoms with E-state index in [0.717, 1.165) is 11.3 Å². The highest BCUT2D eigenvalue weighted by molar-refractivity contribution is 5.97. The van der Waals surface area contributed by atoms with Crippen molar-refractivity contribution < 1.29 is 14.3 Å². The molecule has 2 aromatic rings. The van der Waals surface area contributed by atoms with Gasteiger partial charge >= 0.3 is 0 Å². The number of rotatable bonds is 7. The Morgan fingerprint density at radius 1 is 1.00 bits per heavy atom. The fourth-order valence-corrected chi connectivity index (χ4v) is 2.39. The third-order valence-electron chi connectivity index (χ3n) is 3.90. The van der Waals surface area contributed by atoms with Crippen LogP contribution in [0.4, 0.5) is 0 Å². The van der Waals surface area contributed by atoms with Gasteiger partial charge in [0, 0.05) is 12.1 Å². The first-order valence-corrected chi connectivity index (χ1v) is 8.28. The average Bonchev–Trinajstić information content (AvgIpc) is 2.64. The standard InChI is InChI=1S/C20H24N2O3/c1-14(2)18(22-19(23)16-7-5-4-6-8-16)20(24)21-13-15-9-11-17(25-3)12-10-15/h4-12,14,18H,13H2,1-3H3,(H,21,24)(H,22,23). The van der Waals surface area contributed by atoms with Gasteiger partial charge in [0.1, 0.15) is 11.8 Å². The van der Waals surface area contributed by atoms with Crippen LogP contribution < -0.4 is 15.4 Å². The van der Waals surface area contributed by atoms with Crippen molar-refractivity contribution in [3.05, 3.63) is 65.7 Å². The molecule has 0 aliphatic carbocycles. The molecule has 0 saturated carbocycles. The molecule has 5 heteroatoms. The predicted octanol–water partition coefficient (Wildman–Crippen LogP) is 2.77. The lowest BCUT2D eigenvalue weighted by molar-refractivity contribution is -0.124. The number of ether oxygens (including phenoxy) is 1. The predicted molar refractivity (Wildman–Crippen MR) is 97.4 cm³/mol. The van der Waals surface area contributed by atoms with E-state index in [1.54, 1.807) is 31.4 Å². The van der Waals surface area contributed by atoms with Crippen molar-refractivity contribution in [1.29, 1.82) is 0 Å². The summed E-state index contributed by atoms with van der Waals surface area (Å²) in [4.78, 5) is 24.8. The summed E-state index contributed by atoms with van der Waals surface area (Å²) in [5.74, 6) is 0.294. The molecule has 0 heterocycles. The zero-order valence-corrected chi connectivity index (χ0v) is 14.8. The Morgan fingerprint density at radius 2 is 1.64 bits per heavy atom. The van der Waals surface area contributed by atoms with E-state index < -0.39 is 6.04 Å². The second-order valence-electron chi connectivity index (χ2n) is 6.13. The van der Waals surface area contributed by atoms with Gasteiger partial charge in [-0.15, -0.1) is 0 Å². The first-order chi connectivity index (χ1) is 12.0. The summed E-state index contributed by atoms with van der Waals surface area (Å²) in [6, 6.07) is 15.8. The molecular formula is C20H24N2O3. The fourth-order valence-electron chi connectivity index (χ4n) is 2.39. The Morgan fingerprint density at radius 3 is 2.20 bits per heavy atom. The average molecular weight is 340 g/mol. The SMILES string of the molecule is COc1ccc(CNC(=O)C(NC(=O)c2ccccc2)C(C)C)cc1. The zero-order valence-electron chi connectivity index (χ0n) is 14.8. The highest BCUT2D eigenvalue weighted by atomic mass is 16.5. The lowest BCUT2D eigenvalue weighted by Gasteiger charge is -2.22. The van der Waals surface area contributed by atoms with E-state index in [9.17, 15) is 9.59 Å². The molecule has 2 N–H and O–H groups in total. The van der Waals surface area contributed by atoms with E-state index in [-0.39, 0.29) is 17.7 Å². The third kappa shape index (κ3) is 5.35. The minimum absolute atomic E-state index is 0.0245. The van der Waals surface area contributed by atoms with Crippen molar-refractivity contribution in [2.75, 3.05) is 7.11 Å². The Labute approximate surface area is 148 Å². The second-order valence-corrected chi connectivity index (χ2v) is 6.13. The largest absolute Gasteiger partial charge is 0.497 e. The monoisotopic (exact) mass is 340 g/mol. The molecule has 0 aliphatic heterocycles. The minimum atomic E-state index is -0.592. The molecule has 2 amide bonds. The van der Waals surface area contributed by atoms with Gasteiger partial charge in [0.15, 0.2) is 0 Å². The summed E-state index contributed by atoms with van der Waals surface area (Å²) in [6.45, 7) is 4.21. The summed E-state index contributed by atoms with van der Waals surface area (Å²) < 4.78 is 5.12. The number of methoxy groups -OCH3 is 1. The number of carbonyl (C=O) groups excluding carboxylic acids is 2. The van der Waals surface area contributed by atoms with Gasteiger partial charge in [-0.2, -0.15) is 0 Å². The van der Waals surface area contributed by atoms with Gasteiger partial charge in [0.25, 0.3) is 5.91 Å². The number of hydrogen-bond donors (Lipinski definition) is 2. The van der Waals surface area contributed by atoms with Crippen LogP contribution in [-0.2, 0) is 11.3 Å². The highest BCUT2D eigenvalue weighted by Gasteiger charge is 2.24. The summed E-state index contributed by atoms with van der Waals surface area (Å²) in [5.41, 5.74) is 1.50. The molecule has 0 radical (unpaired) electrons. The van der Waals surface area contributed by atoms with Gasteiger partial charge in [-0.3, -0.25) is 9.59 Å². The fraction of sp³-hybridized carbons (Fsp3) is 0.300. The first-order valence-electron chi connectivity index (χ1n) is 8.28. The molecule has 0 spiro atoms. The Bertz CT molecular complexity index is 697.